The van der Waals surface area contributed by atoms with Gasteiger partial charge < -0.3 is 25.8 Å². The normalized spacial score (nSPS) is 19.5. The van der Waals surface area contributed by atoms with E-state index in [2.05, 4.69) is 55.7 Å². The fourth-order valence-corrected chi connectivity index (χ4v) is 3.78. The van der Waals surface area contributed by atoms with Gasteiger partial charge in [-0.2, -0.15) is 4.98 Å². The van der Waals surface area contributed by atoms with Crippen molar-refractivity contribution in [1.29, 1.82) is 0 Å². The number of fused-ring (bicyclic) bond motifs is 3. The van der Waals surface area contributed by atoms with E-state index in [-0.39, 0.29) is 11.9 Å². The second-order valence-electron chi connectivity index (χ2n) is 7.73. The molecule has 1 amide bonds. The first-order chi connectivity index (χ1) is 15.2. The maximum absolute atomic E-state index is 12.1. The Morgan fingerprint density at radius 1 is 1.10 bits per heavy atom. The predicted molar refractivity (Wildman–Crippen MR) is 124 cm³/mol. The van der Waals surface area contributed by atoms with E-state index in [1.54, 1.807) is 6.20 Å². The highest BCUT2D eigenvalue weighted by Crippen LogP contribution is 2.29. The van der Waals surface area contributed by atoms with Crippen LogP contribution in [-0.2, 0) is 4.79 Å². The molecule has 9 nitrogen and oxygen atoms in total. The summed E-state index contributed by atoms with van der Waals surface area (Å²) in [6.45, 7) is 9.55. The van der Waals surface area contributed by atoms with Crippen LogP contribution in [0.15, 0.2) is 30.6 Å². The average molecular weight is 423 g/mol. The molecule has 0 aromatic carbocycles. The van der Waals surface area contributed by atoms with Crippen LogP contribution in [0.4, 0.5) is 23.3 Å². The molecule has 0 spiro atoms. The van der Waals surface area contributed by atoms with Crippen molar-refractivity contribution < 1.29 is 4.79 Å². The van der Waals surface area contributed by atoms with Crippen LogP contribution in [0, 0.1) is 0 Å². The fourth-order valence-electron chi connectivity index (χ4n) is 3.78. The zero-order valence-corrected chi connectivity index (χ0v) is 18.1. The number of hydrogen-bond donors (Lipinski definition) is 3. The molecule has 0 radical (unpaired) electrons. The number of hydrogen-bond acceptors (Lipinski definition) is 8. The topological polar surface area (TPSA) is 98.3 Å². The van der Waals surface area contributed by atoms with Crippen LogP contribution in [0.25, 0.3) is 6.08 Å². The molecule has 2 aromatic rings. The van der Waals surface area contributed by atoms with Crippen molar-refractivity contribution in [3.8, 4) is 0 Å². The van der Waals surface area contributed by atoms with Crippen molar-refractivity contribution in [2.75, 3.05) is 54.4 Å². The SMILES string of the molecule is CCC.O=C1NCCN2c3nc(Nc4ccc(N5CCNCC5)cn4)ncc3C=CC12. The number of carbonyl (C=O) groups excluding carboxylic acids is 1. The van der Waals surface area contributed by atoms with Crippen LogP contribution in [-0.4, -0.2) is 66.2 Å². The highest BCUT2D eigenvalue weighted by Gasteiger charge is 2.32. The molecule has 2 fully saturated rings. The number of rotatable bonds is 3. The molecule has 0 saturated carbocycles. The van der Waals surface area contributed by atoms with E-state index in [4.69, 9.17) is 0 Å². The molecule has 2 aromatic heterocycles. The lowest BCUT2D eigenvalue weighted by Gasteiger charge is -2.37. The third kappa shape index (κ3) is 4.77. The maximum Gasteiger partial charge on any atom is 0.246 e. The molecule has 0 bridgehead atoms. The summed E-state index contributed by atoms with van der Waals surface area (Å²) in [5.41, 5.74) is 2.03. The Bertz CT molecular complexity index is 924. The van der Waals surface area contributed by atoms with Gasteiger partial charge in [-0.15, -0.1) is 0 Å². The van der Waals surface area contributed by atoms with Crippen LogP contribution in [0.1, 0.15) is 25.8 Å². The summed E-state index contributed by atoms with van der Waals surface area (Å²) in [7, 11) is 0. The van der Waals surface area contributed by atoms with Crippen LogP contribution in [0.3, 0.4) is 0 Å². The first-order valence-corrected chi connectivity index (χ1v) is 11.0. The number of carbonyl (C=O) groups is 1. The largest absolute Gasteiger partial charge is 0.368 e. The van der Waals surface area contributed by atoms with E-state index in [0.29, 0.717) is 18.3 Å². The van der Waals surface area contributed by atoms with Gasteiger partial charge in [-0.05, 0) is 12.1 Å². The Morgan fingerprint density at radius 2 is 1.90 bits per heavy atom. The van der Waals surface area contributed by atoms with Gasteiger partial charge >= 0.3 is 0 Å². The Labute approximate surface area is 183 Å². The Morgan fingerprint density at radius 3 is 2.65 bits per heavy atom. The third-order valence-corrected chi connectivity index (χ3v) is 5.25. The van der Waals surface area contributed by atoms with Crippen molar-refractivity contribution in [3.63, 3.8) is 0 Å². The number of aromatic nitrogens is 3. The number of nitrogens with zero attached hydrogens (tertiary/aromatic N) is 5. The van der Waals surface area contributed by atoms with Gasteiger partial charge in [0.1, 0.15) is 17.7 Å². The van der Waals surface area contributed by atoms with Gasteiger partial charge in [-0.3, -0.25) is 4.79 Å². The number of amides is 1. The average Bonchev–Trinajstić information content (AvgIpc) is 2.81. The highest BCUT2D eigenvalue weighted by molar-refractivity contribution is 5.92. The zero-order chi connectivity index (χ0) is 21.6. The molecule has 9 heteroatoms. The minimum Gasteiger partial charge on any atom is -0.368 e. The van der Waals surface area contributed by atoms with Crippen molar-refractivity contribution in [3.05, 3.63) is 36.2 Å². The van der Waals surface area contributed by atoms with Gasteiger partial charge in [0.15, 0.2) is 0 Å². The van der Waals surface area contributed by atoms with Gasteiger partial charge in [0.2, 0.25) is 11.9 Å². The van der Waals surface area contributed by atoms with E-state index >= 15 is 0 Å². The molecule has 164 valence electrons. The van der Waals surface area contributed by atoms with E-state index in [1.165, 1.54) is 6.42 Å². The van der Waals surface area contributed by atoms with E-state index in [0.717, 1.165) is 49.8 Å². The fraction of sp³-hybridized carbons (Fsp3) is 0.455. The Balaban J connectivity index is 0.000000730. The number of nitrogens with one attached hydrogen (secondary N) is 3. The Kier molecular flexibility index (Phi) is 6.61. The molecule has 5 heterocycles. The molecule has 0 aliphatic carbocycles. The lowest BCUT2D eigenvalue weighted by molar-refractivity contribution is -0.122. The molecule has 31 heavy (non-hydrogen) atoms. The molecule has 1 atom stereocenters. The van der Waals surface area contributed by atoms with Gasteiger partial charge in [-0.1, -0.05) is 32.4 Å². The van der Waals surface area contributed by atoms with Gasteiger partial charge in [-0.25, -0.2) is 9.97 Å². The van der Waals surface area contributed by atoms with E-state index in [9.17, 15) is 4.79 Å². The predicted octanol–water partition coefficient (Wildman–Crippen LogP) is 1.77. The van der Waals surface area contributed by atoms with Crippen LogP contribution < -0.4 is 25.8 Å². The number of piperazine rings is 2. The molecular weight excluding hydrogens is 392 g/mol. The zero-order valence-electron chi connectivity index (χ0n) is 18.1. The summed E-state index contributed by atoms with van der Waals surface area (Å²) >= 11 is 0. The minimum atomic E-state index is -0.305. The number of anilines is 4. The highest BCUT2D eigenvalue weighted by atomic mass is 16.2. The summed E-state index contributed by atoms with van der Waals surface area (Å²) in [5.74, 6) is 1.95. The van der Waals surface area contributed by atoms with E-state index < -0.39 is 0 Å². The van der Waals surface area contributed by atoms with Gasteiger partial charge in [0, 0.05) is 51.0 Å². The van der Waals surface area contributed by atoms with Gasteiger partial charge in [0.25, 0.3) is 0 Å². The summed E-state index contributed by atoms with van der Waals surface area (Å²) < 4.78 is 0. The van der Waals surface area contributed by atoms with Gasteiger partial charge in [0.05, 0.1) is 11.9 Å². The van der Waals surface area contributed by atoms with Crippen molar-refractivity contribution in [1.82, 2.24) is 25.6 Å². The quantitative estimate of drug-likeness (QED) is 0.689. The molecule has 3 aliphatic heterocycles. The molecule has 3 aliphatic rings. The molecule has 3 N–H and O–H groups in total. The number of pyridine rings is 1. The minimum absolute atomic E-state index is 0.00596. The first kappa shape index (κ1) is 21.0. The second-order valence-corrected chi connectivity index (χ2v) is 7.73. The Hall–Kier alpha value is -3.20. The summed E-state index contributed by atoms with van der Waals surface area (Å²) in [6.07, 6.45) is 8.70. The summed E-state index contributed by atoms with van der Waals surface area (Å²) in [5, 5.41) is 9.42. The monoisotopic (exact) mass is 422 g/mol. The second kappa shape index (κ2) is 9.74. The van der Waals surface area contributed by atoms with Crippen LogP contribution in [0.2, 0.25) is 0 Å². The molecular formula is C22H30N8O. The van der Waals surface area contributed by atoms with Crippen molar-refractivity contribution in [2.45, 2.75) is 26.3 Å². The standard InChI is InChI=1S/C19H22N8O.C3H8/c28-18-15-3-1-13-11-23-19(25-17(13)27(15)10-7-21-18)24-16-4-2-14(12-22-16)26-8-5-20-6-9-26;1-3-2/h1-4,11-12,15,20H,5-10H2,(H,21,28)(H,22,23,24,25);3H2,1-2H3. The lowest BCUT2D eigenvalue weighted by atomic mass is 10.1. The molecule has 2 saturated heterocycles. The van der Waals surface area contributed by atoms with Crippen LogP contribution in [0.5, 0.6) is 0 Å². The smallest absolute Gasteiger partial charge is 0.246 e. The summed E-state index contributed by atoms with van der Waals surface area (Å²) in [4.78, 5) is 30.0. The first-order valence-electron chi connectivity index (χ1n) is 11.0. The molecule has 1 unspecified atom stereocenters. The lowest BCUT2D eigenvalue weighted by Crippen LogP contribution is -2.55. The maximum atomic E-state index is 12.1. The van der Waals surface area contributed by atoms with Crippen LogP contribution >= 0.6 is 0 Å². The van der Waals surface area contributed by atoms with Crippen molar-refractivity contribution >= 4 is 35.3 Å². The molecule has 5 rings (SSSR count). The third-order valence-electron chi connectivity index (χ3n) is 5.25. The summed E-state index contributed by atoms with van der Waals surface area (Å²) in [6, 6.07) is 3.70. The van der Waals surface area contributed by atoms with E-state index in [1.807, 2.05) is 29.3 Å². The van der Waals surface area contributed by atoms with Crippen molar-refractivity contribution in [2.24, 2.45) is 0 Å².